The average molecular weight is 400 g/mol. The highest BCUT2D eigenvalue weighted by molar-refractivity contribution is 9.10. The maximum Gasteiger partial charge on any atom is 0.354 e. The molecule has 0 saturated carbocycles. The Hall–Kier alpha value is -1.25. The molecule has 114 valence electrons. The van der Waals surface area contributed by atoms with Crippen LogP contribution in [0.3, 0.4) is 0 Å². The van der Waals surface area contributed by atoms with Crippen molar-refractivity contribution < 1.29 is 19.5 Å². The van der Waals surface area contributed by atoms with Gasteiger partial charge in [-0.15, -0.1) is 11.8 Å². The van der Waals surface area contributed by atoms with Gasteiger partial charge < -0.3 is 5.11 Å². The van der Waals surface area contributed by atoms with E-state index in [2.05, 4.69) is 15.9 Å². The lowest BCUT2D eigenvalue weighted by atomic mass is 10.2. The van der Waals surface area contributed by atoms with Crippen LogP contribution in [0.5, 0.6) is 0 Å². The van der Waals surface area contributed by atoms with Crippen LogP contribution >= 0.6 is 39.5 Å². The van der Waals surface area contributed by atoms with Crippen molar-refractivity contribution >= 4 is 57.1 Å². The molecule has 1 amide bonds. The largest absolute Gasteiger partial charge is 0.477 e. The number of amides is 1. The molecular weight excluding hydrogens is 390 g/mol. The van der Waals surface area contributed by atoms with E-state index in [-0.39, 0.29) is 28.5 Å². The minimum atomic E-state index is -1.12. The summed E-state index contributed by atoms with van der Waals surface area (Å²) in [5.41, 5.74) is 0.593. The van der Waals surface area contributed by atoms with Crippen LogP contribution in [0, 0.1) is 0 Å². The Kier molecular flexibility index (Phi) is 4.33. The van der Waals surface area contributed by atoms with Crippen molar-refractivity contribution in [3.05, 3.63) is 44.2 Å². The van der Waals surface area contributed by atoms with E-state index in [0.717, 1.165) is 4.47 Å². The highest BCUT2D eigenvalue weighted by atomic mass is 79.9. The first-order chi connectivity index (χ1) is 10.5. The molecule has 2 heterocycles. The summed E-state index contributed by atoms with van der Waals surface area (Å²) in [6.45, 7) is 0. The molecule has 1 fully saturated rings. The summed E-state index contributed by atoms with van der Waals surface area (Å²) in [4.78, 5) is 36.3. The van der Waals surface area contributed by atoms with E-state index in [1.807, 2.05) is 0 Å². The van der Waals surface area contributed by atoms with Crippen LogP contribution in [0.4, 0.5) is 0 Å². The zero-order valence-electron chi connectivity index (χ0n) is 11.1. The van der Waals surface area contributed by atoms with Crippen molar-refractivity contribution in [1.29, 1.82) is 0 Å². The number of benzene rings is 1. The van der Waals surface area contributed by atoms with Gasteiger partial charge in [0.05, 0.1) is 21.8 Å². The van der Waals surface area contributed by atoms with Crippen molar-refractivity contribution in [3.63, 3.8) is 0 Å². The Morgan fingerprint density at radius 1 is 1.36 bits per heavy atom. The topological polar surface area (TPSA) is 74.7 Å². The summed E-state index contributed by atoms with van der Waals surface area (Å²) in [7, 11) is 0. The monoisotopic (exact) mass is 399 g/mol. The number of hydrogen-bond donors (Lipinski definition) is 1. The maximum atomic E-state index is 12.1. The smallest absolute Gasteiger partial charge is 0.354 e. The first kappa shape index (κ1) is 15.6. The molecule has 1 atom stereocenters. The molecule has 0 spiro atoms. The molecule has 8 heteroatoms. The number of aliphatic carboxylic acids is 1. The van der Waals surface area contributed by atoms with Crippen LogP contribution in [0.1, 0.15) is 16.8 Å². The third kappa shape index (κ3) is 2.82. The second kappa shape index (κ2) is 6.10. The van der Waals surface area contributed by atoms with E-state index in [0.29, 0.717) is 16.2 Å². The molecule has 1 aromatic carbocycles. The summed E-state index contributed by atoms with van der Waals surface area (Å²) < 4.78 is 1.43. The molecule has 1 saturated heterocycles. The minimum Gasteiger partial charge on any atom is -0.477 e. The predicted octanol–water partition coefficient (Wildman–Crippen LogP) is 2.92. The van der Waals surface area contributed by atoms with Gasteiger partial charge in [0, 0.05) is 10.0 Å². The lowest BCUT2D eigenvalue weighted by Crippen LogP contribution is -2.48. The third-order valence-electron chi connectivity index (χ3n) is 3.29. The Morgan fingerprint density at radius 2 is 2.05 bits per heavy atom. The number of carbonyl (C=O) groups excluding carboxylic acids is 2. The van der Waals surface area contributed by atoms with E-state index in [1.54, 1.807) is 24.3 Å². The fourth-order valence-corrected chi connectivity index (χ4v) is 5.07. The molecule has 0 unspecified atom stereocenters. The molecule has 2 aliphatic rings. The SMILES string of the molecule is O=C(O)C1=C(SCC(=O)c2ccc(Br)cc2)S[C@@H]2CC(=O)N12. The number of rotatable bonds is 5. The molecule has 0 aromatic heterocycles. The number of thioether (sulfide) groups is 2. The fourth-order valence-electron chi connectivity index (χ4n) is 2.17. The summed E-state index contributed by atoms with van der Waals surface area (Å²) in [6, 6.07) is 7.01. The van der Waals surface area contributed by atoms with Gasteiger partial charge >= 0.3 is 5.97 Å². The van der Waals surface area contributed by atoms with Crippen LogP contribution in [0.2, 0.25) is 0 Å². The van der Waals surface area contributed by atoms with Crippen LogP contribution in [0.25, 0.3) is 0 Å². The van der Waals surface area contributed by atoms with Crippen molar-refractivity contribution in [2.24, 2.45) is 0 Å². The number of halogens is 1. The van der Waals surface area contributed by atoms with Gasteiger partial charge in [0.25, 0.3) is 0 Å². The first-order valence-electron chi connectivity index (χ1n) is 6.35. The van der Waals surface area contributed by atoms with Crippen molar-refractivity contribution in [3.8, 4) is 0 Å². The molecule has 0 bridgehead atoms. The number of nitrogens with zero attached hydrogens (tertiary/aromatic N) is 1. The summed E-state index contributed by atoms with van der Waals surface area (Å²) in [6.07, 6.45) is 0.353. The Balaban J connectivity index is 1.71. The number of Topliss-reactive ketones (excluding diaryl/α,β-unsaturated/α-hetero) is 1. The number of hydrogen-bond acceptors (Lipinski definition) is 5. The summed E-state index contributed by atoms with van der Waals surface area (Å²) >= 11 is 5.84. The molecule has 5 nitrogen and oxygen atoms in total. The third-order valence-corrected chi connectivity index (χ3v) is 6.38. The molecule has 0 aliphatic carbocycles. The number of ketones is 1. The number of carbonyl (C=O) groups is 3. The molecule has 1 N–H and O–H groups in total. The van der Waals surface area contributed by atoms with E-state index >= 15 is 0 Å². The number of fused-ring (bicyclic) bond motifs is 1. The zero-order valence-corrected chi connectivity index (χ0v) is 14.3. The molecule has 22 heavy (non-hydrogen) atoms. The van der Waals surface area contributed by atoms with E-state index < -0.39 is 5.97 Å². The van der Waals surface area contributed by atoms with Gasteiger partial charge in [0.15, 0.2) is 11.5 Å². The summed E-state index contributed by atoms with van der Waals surface area (Å²) in [5, 5.41) is 9.15. The quantitative estimate of drug-likeness (QED) is 0.605. The minimum absolute atomic E-state index is 0.0138. The molecule has 2 aliphatic heterocycles. The maximum absolute atomic E-state index is 12.1. The van der Waals surface area contributed by atoms with Gasteiger partial charge in [0.2, 0.25) is 5.91 Å². The van der Waals surface area contributed by atoms with Crippen LogP contribution in [-0.4, -0.2) is 38.8 Å². The number of β-lactam (4-membered cyclic amide) rings is 1. The standard InChI is InChI=1S/C14H10BrNO4S2/c15-8-3-1-7(2-4-8)9(17)6-21-14-12(13(19)20)16-10(18)5-11(16)22-14/h1-4,11H,5-6H2,(H,19,20)/t11-/m1/s1. The predicted molar refractivity (Wildman–Crippen MR) is 88.4 cm³/mol. The van der Waals surface area contributed by atoms with Crippen LogP contribution in [0.15, 0.2) is 38.7 Å². The van der Waals surface area contributed by atoms with Gasteiger partial charge in [-0.1, -0.05) is 39.8 Å². The average Bonchev–Trinajstić information content (AvgIpc) is 2.78. The first-order valence-corrected chi connectivity index (χ1v) is 9.01. The van der Waals surface area contributed by atoms with E-state index in [4.69, 9.17) is 0 Å². The number of carboxylic acids is 1. The molecule has 1 aromatic rings. The summed E-state index contributed by atoms with van der Waals surface area (Å²) in [5.74, 6) is -1.22. The Morgan fingerprint density at radius 3 is 2.64 bits per heavy atom. The highest BCUT2D eigenvalue weighted by Gasteiger charge is 2.48. The highest BCUT2D eigenvalue weighted by Crippen LogP contribution is 2.50. The number of carboxylic acid groups (broad SMARTS) is 1. The fraction of sp³-hybridized carbons (Fsp3) is 0.214. The van der Waals surface area contributed by atoms with Crippen LogP contribution < -0.4 is 0 Å². The molecule has 3 rings (SSSR count). The normalized spacial score (nSPS) is 20.0. The van der Waals surface area contributed by atoms with Gasteiger partial charge in [-0.3, -0.25) is 14.5 Å². The second-order valence-electron chi connectivity index (χ2n) is 4.70. The lowest BCUT2D eigenvalue weighted by Gasteiger charge is -2.33. The van der Waals surface area contributed by atoms with Crippen LogP contribution in [-0.2, 0) is 9.59 Å². The van der Waals surface area contributed by atoms with E-state index in [9.17, 15) is 19.5 Å². The van der Waals surface area contributed by atoms with Gasteiger partial charge in [0.1, 0.15) is 0 Å². The molecular formula is C14H10BrNO4S2. The Bertz CT molecular complexity index is 701. The van der Waals surface area contributed by atoms with Crippen molar-refractivity contribution in [2.75, 3.05) is 5.75 Å². The molecule has 0 radical (unpaired) electrons. The van der Waals surface area contributed by atoms with Gasteiger partial charge in [-0.2, -0.15) is 0 Å². The Labute approximate surface area is 143 Å². The van der Waals surface area contributed by atoms with Gasteiger partial charge in [-0.25, -0.2) is 4.79 Å². The van der Waals surface area contributed by atoms with E-state index in [1.165, 1.54) is 28.4 Å². The second-order valence-corrected chi connectivity index (χ2v) is 8.05. The zero-order chi connectivity index (χ0) is 15.9. The van der Waals surface area contributed by atoms with Gasteiger partial charge in [-0.05, 0) is 12.1 Å². The van der Waals surface area contributed by atoms with Crippen molar-refractivity contribution in [2.45, 2.75) is 11.8 Å². The van der Waals surface area contributed by atoms with Crippen molar-refractivity contribution in [1.82, 2.24) is 4.90 Å². The lowest BCUT2D eigenvalue weighted by molar-refractivity contribution is -0.145.